The summed E-state index contributed by atoms with van der Waals surface area (Å²) in [6.07, 6.45) is 1.82. The fraction of sp³-hybridized carbons (Fsp3) is 0.286. The topological polar surface area (TPSA) is 37.3 Å². The van der Waals surface area contributed by atoms with Crippen molar-refractivity contribution in [2.24, 2.45) is 4.99 Å². The van der Waals surface area contributed by atoms with Crippen molar-refractivity contribution >= 4 is 49.4 Å². The standard InChI is InChI=1S/C14H14BrN3S/c1-14(2)8-19-13(18-14)17-11-5-3-4-9-6-10(15)7-16-12(9)11/h3-7H,8H2,1-2H3,(H,17,18). The van der Waals surface area contributed by atoms with Gasteiger partial charge in [0.25, 0.3) is 0 Å². The summed E-state index contributed by atoms with van der Waals surface area (Å²) < 4.78 is 0.992. The van der Waals surface area contributed by atoms with Crippen LogP contribution in [0.25, 0.3) is 10.9 Å². The van der Waals surface area contributed by atoms with Crippen LogP contribution in [0, 0.1) is 0 Å². The molecule has 0 aliphatic carbocycles. The molecule has 0 atom stereocenters. The Morgan fingerprint density at radius 3 is 2.95 bits per heavy atom. The van der Waals surface area contributed by atoms with E-state index in [1.54, 1.807) is 11.8 Å². The number of aromatic nitrogens is 1. The first kappa shape index (κ1) is 12.9. The number of amidine groups is 1. The predicted molar refractivity (Wildman–Crippen MR) is 87.0 cm³/mol. The van der Waals surface area contributed by atoms with Crippen molar-refractivity contribution in [1.29, 1.82) is 0 Å². The SMILES string of the molecule is CC1(C)CSC(Nc2cccc3cc(Br)cnc23)=N1. The Morgan fingerprint density at radius 2 is 2.21 bits per heavy atom. The first-order valence-electron chi connectivity index (χ1n) is 6.07. The van der Waals surface area contributed by atoms with Gasteiger partial charge in [-0.1, -0.05) is 23.9 Å². The molecule has 1 aromatic carbocycles. The van der Waals surface area contributed by atoms with Crippen molar-refractivity contribution in [2.45, 2.75) is 19.4 Å². The summed E-state index contributed by atoms with van der Waals surface area (Å²) in [5.74, 6) is 1.01. The number of anilines is 1. The molecule has 0 saturated heterocycles. The van der Waals surface area contributed by atoms with E-state index >= 15 is 0 Å². The van der Waals surface area contributed by atoms with Crippen LogP contribution in [0.3, 0.4) is 0 Å². The number of pyridine rings is 1. The highest BCUT2D eigenvalue weighted by atomic mass is 79.9. The molecule has 5 heteroatoms. The molecule has 0 unspecified atom stereocenters. The fourth-order valence-electron chi connectivity index (χ4n) is 2.00. The molecule has 19 heavy (non-hydrogen) atoms. The van der Waals surface area contributed by atoms with Gasteiger partial charge in [0.15, 0.2) is 5.17 Å². The number of benzene rings is 1. The normalized spacial score (nSPS) is 17.5. The highest BCUT2D eigenvalue weighted by molar-refractivity contribution is 9.10. The van der Waals surface area contributed by atoms with Gasteiger partial charge in [0, 0.05) is 21.8 Å². The molecular formula is C14H14BrN3S. The number of thioether (sulfide) groups is 1. The zero-order chi connectivity index (χ0) is 13.5. The number of aliphatic imine (C=N–C) groups is 1. The second-order valence-electron chi connectivity index (χ2n) is 5.17. The van der Waals surface area contributed by atoms with E-state index in [9.17, 15) is 0 Å². The van der Waals surface area contributed by atoms with E-state index in [1.165, 1.54) is 0 Å². The summed E-state index contributed by atoms with van der Waals surface area (Å²) >= 11 is 5.21. The van der Waals surface area contributed by atoms with Gasteiger partial charge >= 0.3 is 0 Å². The molecule has 1 N–H and O–H groups in total. The summed E-state index contributed by atoms with van der Waals surface area (Å²) in [6.45, 7) is 4.29. The minimum absolute atomic E-state index is 0.0219. The highest BCUT2D eigenvalue weighted by Crippen LogP contribution is 2.30. The average molecular weight is 336 g/mol. The molecule has 3 rings (SSSR count). The molecular weight excluding hydrogens is 322 g/mol. The van der Waals surface area contributed by atoms with Crippen LogP contribution < -0.4 is 5.32 Å². The Morgan fingerprint density at radius 1 is 1.37 bits per heavy atom. The first-order valence-corrected chi connectivity index (χ1v) is 7.85. The molecule has 0 spiro atoms. The minimum Gasteiger partial charge on any atom is -0.333 e. The molecule has 1 aliphatic heterocycles. The molecule has 0 fully saturated rings. The Balaban J connectivity index is 1.98. The molecule has 2 heterocycles. The maximum absolute atomic E-state index is 4.67. The van der Waals surface area contributed by atoms with Crippen molar-refractivity contribution in [2.75, 3.05) is 11.1 Å². The van der Waals surface area contributed by atoms with Crippen LogP contribution in [0.4, 0.5) is 5.69 Å². The van der Waals surface area contributed by atoms with Crippen molar-refractivity contribution in [1.82, 2.24) is 4.98 Å². The van der Waals surface area contributed by atoms with Gasteiger partial charge in [0.05, 0.1) is 16.7 Å². The van der Waals surface area contributed by atoms with E-state index in [-0.39, 0.29) is 5.54 Å². The van der Waals surface area contributed by atoms with Gasteiger partial charge in [0.1, 0.15) is 0 Å². The van der Waals surface area contributed by atoms with E-state index in [0.717, 1.165) is 32.0 Å². The second-order valence-corrected chi connectivity index (χ2v) is 7.05. The van der Waals surface area contributed by atoms with Gasteiger partial charge < -0.3 is 5.32 Å². The van der Waals surface area contributed by atoms with E-state index in [4.69, 9.17) is 0 Å². The lowest BCUT2D eigenvalue weighted by Gasteiger charge is -2.10. The summed E-state index contributed by atoms with van der Waals surface area (Å²) in [6, 6.07) is 8.20. The maximum atomic E-state index is 4.67. The van der Waals surface area contributed by atoms with Gasteiger partial charge in [-0.15, -0.1) is 0 Å². The molecule has 0 bridgehead atoms. The van der Waals surface area contributed by atoms with E-state index in [0.29, 0.717) is 0 Å². The zero-order valence-electron chi connectivity index (χ0n) is 10.8. The van der Waals surface area contributed by atoms with Crippen molar-refractivity contribution in [3.8, 4) is 0 Å². The quantitative estimate of drug-likeness (QED) is 0.844. The van der Waals surface area contributed by atoms with Crippen molar-refractivity contribution in [3.05, 3.63) is 34.9 Å². The molecule has 0 amide bonds. The molecule has 0 radical (unpaired) electrons. The van der Waals surface area contributed by atoms with Crippen LogP contribution in [0.5, 0.6) is 0 Å². The van der Waals surface area contributed by atoms with Gasteiger partial charge in [-0.25, -0.2) is 0 Å². The summed E-state index contributed by atoms with van der Waals surface area (Å²) in [5, 5.41) is 5.48. The highest BCUT2D eigenvalue weighted by Gasteiger charge is 2.25. The number of nitrogens with zero attached hydrogens (tertiary/aromatic N) is 2. The number of fused-ring (bicyclic) bond motifs is 1. The molecule has 98 valence electrons. The number of hydrogen-bond donors (Lipinski definition) is 1. The zero-order valence-corrected chi connectivity index (χ0v) is 13.2. The maximum Gasteiger partial charge on any atom is 0.161 e. The number of hydrogen-bond acceptors (Lipinski definition) is 4. The molecule has 3 nitrogen and oxygen atoms in total. The number of halogens is 1. The van der Waals surface area contributed by atoms with E-state index < -0.39 is 0 Å². The Kier molecular flexibility index (Phi) is 3.27. The molecule has 2 aromatic rings. The van der Waals surface area contributed by atoms with Crippen LogP contribution in [0.15, 0.2) is 39.9 Å². The monoisotopic (exact) mass is 335 g/mol. The van der Waals surface area contributed by atoms with E-state index in [1.807, 2.05) is 18.3 Å². The van der Waals surface area contributed by atoms with Crippen molar-refractivity contribution in [3.63, 3.8) is 0 Å². The van der Waals surface area contributed by atoms with Crippen LogP contribution >= 0.6 is 27.7 Å². The third-order valence-electron chi connectivity index (χ3n) is 2.89. The lowest BCUT2D eigenvalue weighted by molar-refractivity contribution is 0.605. The van der Waals surface area contributed by atoms with Gasteiger partial charge in [0.2, 0.25) is 0 Å². The van der Waals surface area contributed by atoms with Gasteiger partial charge in [-0.3, -0.25) is 9.98 Å². The largest absolute Gasteiger partial charge is 0.333 e. The number of nitrogens with one attached hydrogen (secondary N) is 1. The van der Waals surface area contributed by atoms with Crippen LogP contribution in [-0.2, 0) is 0 Å². The van der Waals surface area contributed by atoms with Crippen molar-refractivity contribution < 1.29 is 0 Å². The van der Waals surface area contributed by atoms with E-state index in [2.05, 4.69) is 57.2 Å². The lowest BCUT2D eigenvalue weighted by atomic mass is 10.1. The summed E-state index contributed by atoms with van der Waals surface area (Å²) in [5.41, 5.74) is 2.00. The van der Waals surface area contributed by atoms with Gasteiger partial charge in [-0.05, 0) is 41.9 Å². The first-order chi connectivity index (χ1) is 9.03. The second kappa shape index (κ2) is 4.80. The summed E-state index contributed by atoms with van der Waals surface area (Å²) in [7, 11) is 0. The number of para-hydroxylation sites is 1. The summed E-state index contributed by atoms with van der Waals surface area (Å²) in [4.78, 5) is 9.16. The predicted octanol–water partition coefficient (Wildman–Crippen LogP) is 4.29. The van der Waals surface area contributed by atoms with Gasteiger partial charge in [-0.2, -0.15) is 0 Å². The Labute approximate surface area is 125 Å². The minimum atomic E-state index is 0.0219. The lowest BCUT2D eigenvalue weighted by Crippen LogP contribution is -2.15. The third-order valence-corrected chi connectivity index (χ3v) is 4.64. The van der Waals surface area contributed by atoms with Crippen LogP contribution in [-0.4, -0.2) is 21.4 Å². The third kappa shape index (κ3) is 2.77. The van der Waals surface area contributed by atoms with Crippen LogP contribution in [0.2, 0.25) is 0 Å². The number of rotatable bonds is 1. The Hall–Kier alpha value is -1.07. The van der Waals surface area contributed by atoms with Crippen LogP contribution in [0.1, 0.15) is 13.8 Å². The Bertz CT molecular complexity index is 667. The molecule has 1 aliphatic rings. The molecule has 1 aromatic heterocycles. The fourth-order valence-corrected chi connectivity index (χ4v) is 3.40. The molecule has 0 saturated carbocycles. The average Bonchev–Trinajstić information content (AvgIpc) is 2.68. The smallest absolute Gasteiger partial charge is 0.161 e.